The molecule has 4 heteroatoms. The Kier molecular flexibility index (Phi) is 5.61. The standard InChI is InChI=1S/C21H15BrN2O/c22-19-9-10-21(25-15-16-6-2-1-3-7-16)17(13-19)12-18(14-23)20-8-4-5-11-24-20/h1-13H,15H2. The molecular formula is C21H15BrN2O. The smallest absolute Gasteiger partial charge is 0.127 e. The van der Waals surface area contributed by atoms with Crippen LogP contribution in [0.5, 0.6) is 5.75 Å². The van der Waals surface area contributed by atoms with Gasteiger partial charge in [-0.1, -0.05) is 52.3 Å². The number of hydrogen-bond donors (Lipinski definition) is 0. The average Bonchev–Trinajstić information content (AvgIpc) is 2.67. The van der Waals surface area contributed by atoms with E-state index in [-0.39, 0.29) is 0 Å². The molecule has 0 N–H and O–H groups in total. The summed E-state index contributed by atoms with van der Waals surface area (Å²) in [5.41, 5.74) is 3.04. The van der Waals surface area contributed by atoms with Gasteiger partial charge >= 0.3 is 0 Å². The highest BCUT2D eigenvalue weighted by atomic mass is 79.9. The molecule has 25 heavy (non-hydrogen) atoms. The Hall–Kier alpha value is -2.90. The highest BCUT2D eigenvalue weighted by molar-refractivity contribution is 9.10. The summed E-state index contributed by atoms with van der Waals surface area (Å²) in [6.07, 6.45) is 3.47. The number of aromatic nitrogens is 1. The van der Waals surface area contributed by atoms with Gasteiger partial charge in [-0.05, 0) is 42.0 Å². The second-order valence-electron chi connectivity index (χ2n) is 5.34. The van der Waals surface area contributed by atoms with E-state index in [0.29, 0.717) is 17.9 Å². The summed E-state index contributed by atoms with van der Waals surface area (Å²) in [4.78, 5) is 4.25. The lowest BCUT2D eigenvalue weighted by Gasteiger charge is -2.10. The molecular weight excluding hydrogens is 376 g/mol. The summed E-state index contributed by atoms with van der Waals surface area (Å²) in [5, 5.41) is 9.50. The van der Waals surface area contributed by atoms with Gasteiger partial charge in [0.15, 0.2) is 0 Å². The predicted molar refractivity (Wildman–Crippen MR) is 103 cm³/mol. The number of nitriles is 1. The summed E-state index contributed by atoms with van der Waals surface area (Å²) >= 11 is 3.48. The van der Waals surface area contributed by atoms with E-state index in [9.17, 15) is 5.26 Å². The Bertz CT molecular complexity index is 916. The van der Waals surface area contributed by atoms with Gasteiger partial charge in [0.1, 0.15) is 18.4 Å². The lowest BCUT2D eigenvalue weighted by Crippen LogP contribution is -1.97. The molecule has 0 unspecified atom stereocenters. The molecule has 0 atom stereocenters. The summed E-state index contributed by atoms with van der Waals surface area (Å²) < 4.78 is 6.88. The topological polar surface area (TPSA) is 45.9 Å². The minimum absolute atomic E-state index is 0.467. The van der Waals surface area contributed by atoms with E-state index in [1.807, 2.05) is 66.7 Å². The molecule has 0 spiro atoms. The molecule has 3 aromatic rings. The highest BCUT2D eigenvalue weighted by Crippen LogP contribution is 2.28. The zero-order chi connectivity index (χ0) is 17.5. The van der Waals surface area contributed by atoms with Crippen LogP contribution in [0.2, 0.25) is 0 Å². The van der Waals surface area contributed by atoms with Crippen molar-refractivity contribution in [3.8, 4) is 11.8 Å². The molecule has 0 bridgehead atoms. The van der Waals surface area contributed by atoms with Crippen LogP contribution in [-0.4, -0.2) is 4.98 Å². The zero-order valence-corrected chi connectivity index (χ0v) is 15.0. The van der Waals surface area contributed by atoms with Crippen LogP contribution in [0.1, 0.15) is 16.8 Å². The first kappa shape index (κ1) is 16.9. The molecule has 3 nitrogen and oxygen atoms in total. The monoisotopic (exact) mass is 390 g/mol. The van der Waals surface area contributed by atoms with Gasteiger partial charge in [-0.25, -0.2) is 0 Å². The molecule has 1 aromatic heterocycles. The fourth-order valence-electron chi connectivity index (χ4n) is 2.34. The summed E-state index contributed by atoms with van der Waals surface area (Å²) in [5.74, 6) is 0.718. The summed E-state index contributed by atoms with van der Waals surface area (Å²) in [6.45, 7) is 0.467. The molecule has 0 saturated heterocycles. The maximum atomic E-state index is 9.50. The summed E-state index contributed by atoms with van der Waals surface area (Å²) in [7, 11) is 0. The van der Waals surface area contributed by atoms with Crippen molar-refractivity contribution in [2.75, 3.05) is 0 Å². The maximum absolute atomic E-state index is 9.50. The normalized spacial score (nSPS) is 11.0. The third-order valence-electron chi connectivity index (χ3n) is 3.57. The number of hydrogen-bond acceptors (Lipinski definition) is 3. The average molecular weight is 391 g/mol. The van der Waals surface area contributed by atoms with Gasteiger partial charge in [-0.3, -0.25) is 4.98 Å². The second kappa shape index (κ2) is 8.27. The number of benzene rings is 2. The van der Waals surface area contributed by atoms with Gasteiger partial charge in [0.25, 0.3) is 0 Å². The first-order chi connectivity index (χ1) is 12.3. The van der Waals surface area contributed by atoms with Crippen molar-refractivity contribution in [1.29, 1.82) is 5.26 Å². The fourth-order valence-corrected chi connectivity index (χ4v) is 2.72. The third-order valence-corrected chi connectivity index (χ3v) is 4.06. The lowest BCUT2D eigenvalue weighted by atomic mass is 10.1. The summed E-state index contributed by atoms with van der Waals surface area (Å²) in [6, 6.07) is 23.4. The van der Waals surface area contributed by atoms with Crippen LogP contribution in [0.4, 0.5) is 0 Å². The number of pyridine rings is 1. The highest BCUT2D eigenvalue weighted by Gasteiger charge is 2.07. The van der Waals surface area contributed by atoms with Gasteiger partial charge in [0.2, 0.25) is 0 Å². The van der Waals surface area contributed by atoms with Gasteiger partial charge in [0.05, 0.1) is 11.3 Å². The van der Waals surface area contributed by atoms with E-state index in [4.69, 9.17) is 4.74 Å². The Morgan fingerprint density at radius 1 is 1.08 bits per heavy atom. The number of rotatable bonds is 5. The maximum Gasteiger partial charge on any atom is 0.127 e. The molecule has 0 amide bonds. The Balaban J connectivity index is 1.91. The van der Waals surface area contributed by atoms with Crippen LogP contribution >= 0.6 is 15.9 Å². The lowest BCUT2D eigenvalue weighted by molar-refractivity contribution is 0.305. The molecule has 0 radical (unpaired) electrons. The van der Waals surface area contributed by atoms with Crippen LogP contribution < -0.4 is 4.74 Å². The minimum atomic E-state index is 0.467. The van der Waals surface area contributed by atoms with E-state index in [1.54, 1.807) is 12.3 Å². The predicted octanol–water partition coefficient (Wildman–Crippen LogP) is 5.49. The molecule has 0 aliphatic carbocycles. The number of nitrogens with zero attached hydrogens (tertiary/aromatic N) is 2. The van der Waals surface area contributed by atoms with E-state index in [1.165, 1.54) is 0 Å². The Labute approximate surface area is 155 Å². The molecule has 2 aromatic carbocycles. The number of allylic oxidation sites excluding steroid dienone is 1. The molecule has 3 rings (SSSR count). The third kappa shape index (κ3) is 4.56. The largest absolute Gasteiger partial charge is 0.488 e. The van der Waals surface area contributed by atoms with Crippen LogP contribution in [0.15, 0.2) is 77.4 Å². The Morgan fingerprint density at radius 3 is 2.60 bits per heavy atom. The van der Waals surface area contributed by atoms with Crippen molar-refractivity contribution >= 4 is 27.6 Å². The van der Waals surface area contributed by atoms with E-state index in [2.05, 4.69) is 27.0 Å². The van der Waals surface area contributed by atoms with Crippen LogP contribution in [0.3, 0.4) is 0 Å². The first-order valence-electron chi connectivity index (χ1n) is 7.76. The SMILES string of the molecule is N#CC(=Cc1cc(Br)ccc1OCc1ccccc1)c1ccccn1. The van der Waals surface area contributed by atoms with Crippen molar-refractivity contribution < 1.29 is 4.74 Å². The zero-order valence-electron chi connectivity index (χ0n) is 13.4. The number of ether oxygens (including phenoxy) is 1. The molecule has 0 aliphatic rings. The van der Waals surface area contributed by atoms with Crippen LogP contribution in [0.25, 0.3) is 11.6 Å². The molecule has 0 aliphatic heterocycles. The van der Waals surface area contributed by atoms with Gasteiger partial charge in [-0.2, -0.15) is 5.26 Å². The van der Waals surface area contributed by atoms with Crippen LogP contribution in [-0.2, 0) is 6.61 Å². The molecule has 0 fully saturated rings. The van der Waals surface area contributed by atoms with Gasteiger partial charge in [0, 0.05) is 16.2 Å². The van der Waals surface area contributed by atoms with Crippen molar-refractivity contribution in [3.63, 3.8) is 0 Å². The van der Waals surface area contributed by atoms with E-state index >= 15 is 0 Å². The fraction of sp³-hybridized carbons (Fsp3) is 0.0476. The van der Waals surface area contributed by atoms with E-state index in [0.717, 1.165) is 21.3 Å². The number of halogens is 1. The van der Waals surface area contributed by atoms with Crippen molar-refractivity contribution in [1.82, 2.24) is 4.98 Å². The van der Waals surface area contributed by atoms with Crippen molar-refractivity contribution in [2.24, 2.45) is 0 Å². The van der Waals surface area contributed by atoms with Crippen LogP contribution in [0, 0.1) is 11.3 Å². The molecule has 122 valence electrons. The van der Waals surface area contributed by atoms with Crippen molar-refractivity contribution in [3.05, 3.63) is 94.2 Å². The van der Waals surface area contributed by atoms with Gasteiger partial charge < -0.3 is 4.74 Å². The van der Waals surface area contributed by atoms with Crippen molar-refractivity contribution in [2.45, 2.75) is 6.61 Å². The molecule has 0 saturated carbocycles. The molecule has 1 heterocycles. The second-order valence-corrected chi connectivity index (χ2v) is 6.26. The quantitative estimate of drug-likeness (QED) is 0.541. The minimum Gasteiger partial charge on any atom is -0.488 e. The Morgan fingerprint density at radius 2 is 1.88 bits per heavy atom. The van der Waals surface area contributed by atoms with Gasteiger partial charge in [-0.15, -0.1) is 0 Å². The first-order valence-corrected chi connectivity index (χ1v) is 8.55. The van der Waals surface area contributed by atoms with E-state index < -0.39 is 0 Å².